The molecule has 0 radical (unpaired) electrons. The van der Waals surface area contributed by atoms with Crippen LogP contribution in [0.25, 0.3) is 0 Å². The van der Waals surface area contributed by atoms with Crippen LogP contribution in [0.4, 0.5) is 0 Å². The summed E-state index contributed by atoms with van der Waals surface area (Å²) in [4.78, 5) is 9.22. The summed E-state index contributed by atoms with van der Waals surface area (Å²) in [5, 5.41) is 0. The Bertz CT molecular complexity index is 517. The number of aryl methyl sites for hydroxylation is 1. The minimum absolute atomic E-state index is 0.333. The Kier molecular flexibility index (Phi) is 7.65. The number of carbonyl (C=O) groups excluding carboxylic acids is 1. The van der Waals surface area contributed by atoms with Gasteiger partial charge in [0.15, 0.2) is 0 Å². The average Bonchev–Trinajstić information content (AvgIpc) is 2.47. The molecule has 3 heteroatoms. The second-order valence-corrected chi connectivity index (χ2v) is 4.78. The molecular weight excluding hydrogens is 262 g/mol. The molecule has 0 fully saturated rings. The number of hydrogen-bond donors (Lipinski definition) is 1. The molecule has 2 aromatic rings. The number of rotatable bonds is 5. The van der Waals surface area contributed by atoms with Gasteiger partial charge in [0.25, 0.3) is 0 Å². The maximum absolute atomic E-state index is 9.22. The lowest BCUT2D eigenvalue weighted by Crippen LogP contribution is -2.01. The molecule has 0 aliphatic heterocycles. The van der Waals surface area contributed by atoms with Gasteiger partial charge in [0.2, 0.25) is 5.91 Å². The molecule has 2 rings (SSSR count). The van der Waals surface area contributed by atoms with Crippen molar-refractivity contribution < 1.29 is 9.53 Å². The molecule has 2 aromatic carbocycles. The minimum Gasteiger partial charge on any atom is -0.489 e. The van der Waals surface area contributed by atoms with E-state index < -0.39 is 0 Å². The summed E-state index contributed by atoms with van der Waals surface area (Å²) in [6.07, 6.45) is 2.32. The molecule has 0 saturated heterocycles. The molecule has 0 unspecified atom stereocenters. The van der Waals surface area contributed by atoms with Crippen LogP contribution < -0.4 is 10.5 Å². The predicted octanol–water partition coefficient (Wildman–Crippen LogP) is 3.71. The SMILES string of the molecule is CC(N)=O.CCCc1ccc(OCc2ccccc2)cc1. The summed E-state index contributed by atoms with van der Waals surface area (Å²) in [5.41, 5.74) is 7.05. The van der Waals surface area contributed by atoms with Gasteiger partial charge in [-0.25, -0.2) is 0 Å². The quantitative estimate of drug-likeness (QED) is 0.910. The zero-order valence-electron chi connectivity index (χ0n) is 12.7. The smallest absolute Gasteiger partial charge is 0.214 e. The first-order chi connectivity index (χ1) is 10.1. The van der Waals surface area contributed by atoms with E-state index in [1.165, 1.54) is 24.5 Å². The summed E-state index contributed by atoms with van der Waals surface area (Å²) in [6, 6.07) is 18.6. The van der Waals surface area contributed by atoms with Crippen molar-refractivity contribution in [1.29, 1.82) is 0 Å². The lowest BCUT2D eigenvalue weighted by atomic mass is 10.1. The minimum atomic E-state index is -0.333. The first kappa shape index (κ1) is 16.8. The van der Waals surface area contributed by atoms with E-state index in [-0.39, 0.29) is 5.91 Å². The van der Waals surface area contributed by atoms with Crippen LogP contribution in [0, 0.1) is 0 Å². The molecule has 0 heterocycles. The molecule has 0 spiro atoms. The van der Waals surface area contributed by atoms with Gasteiger partial charge < -0.3 is 10.5 Å². The van der Waals surface area contributed by atoms with E-state index in [0.29, 0.717) is 6.61 Å². The molecule has 0 atom stereocenters. The summed E-state index contributed by atoms with van der Waals surface area (Å²) >= 11 is 0. The van der Waals surface area contributed by atoms with Crippen molar-refractivity contribution in [3.8, 4) is 5.75 Å². The molecule has 0 aliphatic carbocycles. The highest BCUT2D eigenvalue weighted by Gasteiger charge is 1.96. The van der Waals surface area contributed by atoms with E-state index in [0.717, 1.165) is 12.2 Å². The van der Waals surface area contributed by atoms with Crippen molar-refractivity contribution in [2.75, 3.05) is 0 Å². The number of hydrogen-bond acceptors (Lipinski definition) is 2. The first-order valence-electron chi connectivity index (χ1n) is 7.13. The normalized spacial score (nSPS) is 9.43. The maximum Gasteiger partial charge on any atom is 0.214 e. The van der Waals surface area contributed by atoms with Gasteiger partial charge in [0, 0.05) is 6.92 Å². The van der Waals surface area contributed by atoms with E-state index in [4.69, 9.17) is 4.74 Å². The van der Waals surface area contributed by atoms with Gasteiger partial charge in [0.05, 0.1) is 0 Å². The van der Waals surface area contributed by atoms with Gasteiger partial charge in [-0.15, -0.1) is 0 Å². The van der Waals surface area contributed by atoms with E-state index >= 15 is 0 Å². The van der Waals surface area contributed by atoms with Crippen molar-refractivity contribution in [3.05, 3.63) is 65.7 Å². The van der Waals surface area contributed by atoms with Crippen LogP contribution in [-0.4, -0.2) is 5.91 Å². The number of amides is 1. The lowest BCUT2D eigenvalue weighted by Gasteiger charge is -2.07. The maximum atomic E-state index is 9.22. The Balaban J connectivity index is 0.000000491. The van der Waals surface area contributed by atoms with Crippen LogP contribution in [0.5, 0.6) is 5.75 Å². The summed E-state index contributed by atoms with van der Waals surface area (Å²) < 4.78 is 5.73. The molecule has 0 saturated carbocycles. The first-order valence-corrected chi connectivity index (χ1v) is 7.13. The van der Waals surface area contributed by atoms with Gasteiger partial charge in [-0.2, -0.15) is 0 Å². The largest absolute Gasteiger partial charge is 0.489 e. The highest BCUT2D eigenvalue weighted by molar-refractivity contribution is 5.70. The third kappa shape index (κ3) is 7.78. The van der Waals surface area contributed by atoms with Crippen LogP contribution in [0.2, 0.25) is 0 Å². The second kappa shape index (κ2) is 9.59. The van der Waals surface area contributed by atoms with Gasteiger partial charge in [-0.3, -0.25) is 4.79 Å². The Hall–Kier alpha value is -2.29. The highest BCUT2D eigenvalue weighted by atomic mass is 16.5. The van der Waals surface area contributed by atoms with Gasteiger partial charge >= 0.3 is 0 Å². The van der Waals surface area contributed by atoms with E-state index in [1.54, 1.807) is 0 Å². The van der Waals surface area contributed by atoms with Crippen LogP contribution in [0.15, 0.2) is 54.6 Å². The molecule has 0 aliphatic rings. The highest BCUT2D eigenvalue weighted by Crippen LogP contribution is 2.15. The zero-order chi connectivity index (χ0) is 15.5. The number of ether oxygens (including phenoxy) is 1. The van der Waals surface area contributed by atoms with Crippen LogP contribution in [0.1, 0.15) is 31.4 Å². The second-order valence-electron chi connectivity index (χ2n) is 4.78. The molecule has 21 heavy (non-hydrogen) atoms. The van der Waals surface area contributed by atoms with Crippen molar-refractivity contribution in [2.45, 2.75) is 33.3 Å². The number of carbonyl (C=O) groups is 1. The van der Waals surface area contributed by atoms with Gasteiger partial charge in [-0.05, 0) is 29.7 Å². The average molecular weight is 285 g/mol. The monoisotopic (exact) mass is 285 g/mol. The Morgan fingerprint density at radius 1 is 1.00 bits per heavy atom. The lowest BCUT2D eigenvalue weighted by molar-refractivity contribution is -0.115. The Morgan fingerprint density at radius 3 is 2.10 bits per heavy atom. The summed E-state index contributed by atoms with van der Waals surface area (Å²) in [7, 11) is 0. The fourth-order valence-electron chi connectivity index (χ4n) is 1.78. The number of benzene rings is 2. The molecule has 0 bridgehead atoms. The van der Waals surface area contributed by atoms with E-state index in [9.17, 15) is 4.79 Å². The molecule has 3 nitrogen and oxygen atoms in total. The van der Waals surface area contributed by atoms with Crippen LogP contribution in [-0.2, 0) is 17.8 Å². The standard InChI is InChI=1S/C16H18O.C2H5NO/c1-2-6-14-9-11-16(12-10-14)17-13-15-7-4-3-5-8-15;1-2(3)4/h3-5,7-12H,2,6,13H2,1H3;1H3,(H2,3,4). The fourth-order valence-corrected chi connectivity index (χ4v) is 1.78. The Morgan fingerprint density at radius 2 is 1.57 bits per heavy atom. The van der Waals surface area contributed by atoms with Crippen LogP contribution in [0.3, 0.4) is 0 Å². The van der Waals surface area contributed by atoms with Crippen molar-refractivity contribution in [3.63, 3.8) is 0 Å². The third-order valence-corrected chi connectivity index (χ3v) is 2.71. The molecular formula is C18H23NO2. The summed E-state index contributed by atoms with van der Waals surface area (Å²) in [6.45, 7) is 4.13. The number of primary amides is 1. The van der Waals surface area contributed by atoms with E-state index in [2.05, 4.69) is 36.9 Å². The molecule has 0 aromatic heterocycles. The van der Waals surface area contributed by atoms with Gasteiger partial charge in [-0.1, -0.05) is 55.8 Å². The van der Waals surface area contributed by atoms with Crippen molar-refractivity contribution in [2.24, 2.45) is 5.73 Å². The third-order valence-electron chi connectivity index (χ3n) is 2.71. The van der Waals surface area contributed by atoms with Gasteiger partial charge in [0.1, 0.15) is 12.4 Å². The Labute approximate surface area is 126 Å². The summed E-state index contributed by atoms with van der Waals surface area (Å²) in [5.74, 6) is 0.605. The fraction of sp³-hybridized carbons (Fsp3) is 0.278. The topological polar surface area (TPSA) is 52.3 Å². The molecule has 1 amide bonds. The van der Waals surface area contributed by atoms with Crippen molar-refractivity contribution >= 4 is 5.91 Å². The zero-order valence-corrected chi connectivity index (χ0v) is 12.7. The van der Waals surface area contributed by atoms with Crippen LogP contribution >= 0.6 is 0 Å². The molecule has 112 valence electrons. The van der Waals surface area contributed by atoms with E-state index in [1.807, 2.05) is 30.3 Å². The van der Waals surface area contributed by atoms with Crippen molar-refractivity contribution in [1.82, 2.24) is 0 Å². The predicted molar refractivity (Wildman–Crippen MR) is 86.1 cm³/mol. The number of nitrogens with two attached hydrogens (primary N) is 1. The molecule has 2 N–H and O–H groups in total.